The molecule has 2 heterocycles. The monoisotopic (exact) mass is 479 g/mol. The van der Waals surface area contributed by atoms with Crippen molar-refractivity contribution in [1.82, 2.24) is 5.01 Å². The van der Waals surface area contributed by atoms with E-state index in [1.54, 1.807) is 56.9 Å². The van der Waals surface area contributed by atoms with Crippen LogP contribution in [0, 0.1) is 0 Å². The van der Waals surface area contributed by atoms with Crippen molar-refractivity contribution in [3.05, 3.63) is 76.0 Å². The average molecular weight is 480 g/mol. The predicted molar refractivity (Wildman–Crippen MR) is 131 cm³/mol. The lowest BCUT2D eigenvalue weighted by molar-refractivity contribution is -0.136. The summed E-state index contributed by atoms with van der Waals surface area (Å²) in [6.07, 6.45) is 0.526. The maximum atomic E-state index is 13.2. The summed E-state index contributed by atoms with van der Waals surface area (Å²) in [5.41, 5.74) is 2.63. The number of hydrogen-bond acceptors (Lipinski definition) is 8. The number of carbonyl (C=O) groups is 2. The van der Waals surface area contributed by atoms with Gasteiger partial charge in [-0.25, -0.2) is 9.80 Å². The van der Waals surface area contributed by atoms with Crippen molar-refractivity contribution in [2.24, 2.45) is 5.10 Å². The second kappa shape index (κ2) is 10.4. The van der Waals surface area contributed by atoms with Gasteiger partial charge in [0.05, 0.1) is 36.4 Å². The molecule has 176 valence electrons. The van der Waals surface area contributed by atoms with E-state index < -0.39 is 18.5 Å². The van der Waals surface area contributed by atoms with Gasteiger partial charge in [0.1, 0.15) is 0 Å². The lowest BCUT2D eigenvalue weighted by atomic mass is 10.0. The van der Waals surface area contributed by atoms with Gasteiger partial charge < -0.3 is 19.5 Å². The van der Waals surface area contributed by atoms with Crippen LogP contribution in [0.25, 0.3) is 0 Å². The van der Waals surface area contributed by atoms with Crippen LogP contribution in [0.5, 0.6) is 11.5 Å². The Balaban J connectivity index is 1.57. The largest absolute Gasteiger partial charge is 0.493 e. The van der Waals surface area contributed by atoms with Crippen molar-refractivity contribution >= 4 is 34.6 Å². The summed E-state index contributed by atoms with van der Waals surface area (Å²) in [4.78, 5) is 26.8. The molecule has 1 atom stereocenters. The smallest absolute Gasteiger partial charge is 0.340 e. The van der Waals surface area contributed by atoms with Gasteiger partial charge in [-0.05, 0) is 41.3 Å². The molecule has 1 N–H and O–H groups in total. The van der Waals surface area contributed by atoms with Crippen molar-refractivity contribution in [3.63, 3.8) is 0 Å². The molecule has 0 bridgehead atoms. The second-order valence-corrected chi connectivity index (χ2v) is 8.42. The molecule has 34 heavy (non-hydrogen) atoms. The molecular weight excluding hydrogens is 454 g/mol. The van der Waals surface area contributed by atoms with Crippen molar-refractivity contribution in [2.45, 2.75) is 12.5 Å². The number of benzene rings is 2. The van der Waals surface area contributed by atoms with Crippen molar-refractivity contribution in [3.8, 4) is 11.5 Å². The van der Waals surface area contributed by atoms with Crippen LogP contribution in [0.4, 0.5) is 5.69 Å². The van der Waals surface area contributed by atoms with Gasteiger partial charge in [-0.15, -0.1) is 11.3 Å². The minimum atomic E-state index is -0.581. The Labute approximate surface area is 201 Å². The average Bonchev–Trinajstić information content (AvgIpc) is 3.57. The van der Waals surface area contributed by atoms with Crippen LogP contribution < -0.4 is 14.8 Å². The van der Waals surface area contributed by atoms with E-state index in [2.05, 4.69) is 10.4 Å². The van der Waals surface area contributed by atoms with Gasteiger partial charge >= 0.3 is 5.97 Å². The zero-order valence-corrected chi connectivity index (χ0v) is 19.9. The number of anilines is 1. The van der Waals surface area contributed by atoms with Gasteiger partial charge in [0.25, 0.3) is 5.91 Å². The fourth-order valence-electron chi connectivity index (χ4n) is 3.80. The van der Waals surface area contributed by atoms with E-state index in [0.717, 1.165) is 16.2 Å². The van der Waals surface area contributed by atoms with Crippen molar-refractivity contribution in [1.29, 1.82) is 0 Å². The van der Waals surface area contributed by atoms with Gasteiger partial charge in [-0.1, -0.05) is 24.3 Å². The molecular formula is C25H25N3O5S. The molecule has 1 aromatic heterocycles. The maximum absolute atomic E-state index is 13.2. The fraction of sp³-hybridized carbons (Fsp3) is 0.240. The van der Waals surface area contributed by atoms with E-state index in [-0.39, 0.29) is 6.04 Å². The minimum absolute atomic E-state index is 0.360. The van der Waals surface area contributed by atoms with Gasteiger partial charge in [-0.3, -0.25) is 4.79 Å². The highest BCUT2D eigenvalue weighted by Crippen LogP contribution is 2.38. The molecule has 0 fully saturated rings. The molecule has 1 unspecified atom stereocenters. The zero-order chi connectivity index (χ0) is 24.1. The summed E-state index contributed by atoms with van der Waals surface area (Å²) < 4.78 is 16.1. The number of thiophene rings is 1. The van der Waals surface area contributed by atoms with E-state index in [1.807, 2.05) is 35.7 Å². The van der Waals surface area contributed by atoms with Crippen LogP contribution in [-0.4, -0.2) is 50.5 Å². The van der Waals surface area contributed by atoms with E-state index in [4.69, 9.17) is 14.2 Å². The Morgan fingerprint density at radius 2 is 1.88 bits per heavy atom. The third-order valence-electron chi connectivity index (χ3n) is 5.51. The molecule has 0 aliphatic carbocycles. The highest BCUT2D eigenvalue weighted by Gasteiger charge is 2.34. The zero-order valence-electron chi connectivity index (χ0n) is 19.1. The third kappa shape index (κ3) is 4.74. The van der Waals surface area contributed by atoms with E-state index in [0.29, 0.717) is 29.2 Å². The van der Waals surface area contributed by atoms with Gasteiger partial charge in [-0.2, -0.15) is 5.10 Å². The predicted octanol–water partition coefficient (Wildman–Crippen LogP) is 4.34. The Morgan fingerprint density at radius 3 is 2.59 bits per heavy atom. The van der Waals surface area contributed by atoms with E-state index in [1.165, 1.54) is 5.01 Å². The van der Waals surface area contributed by atoms with Crippen LogP contribution in [0.2, 0.25) is 0 Å². The van der Waals surface area contributed by atoms with Crippen LogP contribution in [0.15, 0.2) is 65.1 Å². The maximum Gasteiger partial charge on any atom is 0.340 e. The van der Waals surface area contributed by atoms with E-state index >= 15 is 0 Å². The SMILES string of the molecule is CNc1ccccc1C(=O)OCC(=O)N1N=C(c2cccs2)CC1c1ccc(OC)c(OC)c1. The molecule has 0 saturated carbocycles. The number of amides is 1. The number of carbonyl (C=O) groups excluding carboxylic acids is 2. The Hall–Kier alpha value is -3.85. The first-order chi connectivity index (χ1) is 16.5. The lowest BCUT2D eigenvalue weighted by Gasteiger charge is -2.23. The van der Waals surface area contributed by atoms with Crippen LogP contribution in [0.1, 0.15) is 33.3 Å². The van der Waals surface area contributed by atoms with Gasteiger partial charge in [0.2, 0.25) is 0 Å². The Bertz CT molecular complexity index is 1210. The summed E-state index contributed by atoms with van der Waals surface area (Å²) in [7, 11) is 4.85. The van der Waals surface area contributed by atoms with Crippen molar-refractivity contribution < 1.29 is 23.8 Å². The number of nitrogens with one attached hydrogen (secondary N) is 1. The fourth-order valence-corrected chi connectivity index (χ4v) is 4.52. The normalized spacial score (nSPS) is 15.0. The van der Waals surface area contributed by atoms with Gasteiger partial charge in [0.15, 0.2) is 18.1 Å². The number of methoxy groups -OCH3 is 2. The molecule has 0 saturated heterocycles. The van der Waals surface area contributed by atoms with Crippen LogP contribution in [0.3, 0.4) is 0 Å². The molecule has 1 aliphatic rings. The summed E-state index contributed by atoms with van der Waals surface area (Å²) in [5, 5.41) is 10.9. The summed E-state index contributed by atoms with van der Waals surface area (Å²) in [6.45, 7) is -0.429. The number of hydrazone groups is 1. The molecule has 4 rings (SSSR count). The van der Waals surface area contributed by atoms with Gasteiger partial charge in [0, 0.05) is 19.2 Å². The minimum Gasteiger partial charge on any atom is -0.493 e. The summed E-state index contributed by atoms with van der Waals surface area (Å²) >= 11 is 1.56. The highest BCUT2D eigenvalue weighted by molar-refractivity contribution is 7.12. The molecule has 1 amide bonds. The molecule has 3 aromatic rings. The first kappa shape index (κ1) is 23.3. The molecule has 9 heteroatoms. The number of ether oxygens (including phenoxy) is 3. The highest BCUT2D eigenvalue weighted by atomic mass is 32.1. The molecule has 2 aromatic carbocycles. The second-order valence-electron chi connectivity index (χ2n) is 7.47. The van der Waals surface area contributed by atoms with E-state index in [9.17, 15) is 9.59 Å². The number of rotatable bonds is 8. The first-order valence-corrected chi connectivity index (χ1v) is 11.5. The number of para-hydroxylation sites is 1. The topological polar surface area (TPSA) is 89.5 Å². The van der Waals surface area contributed by atoms with Crippen LogP contribution >= 0.6 is 11.3 Å². The summed E-state index contributed by atoms with van der Waals surface area (Å²) in [5.74, 6) is 0.162. The Kier molecular flexibility index (Phi) is 7.12. The summed E-state index contributed by atoms with van der Waals surface area (Å²) in [6, 6.07) is 16.0. The first-order valence-electron chi connectivity index (χ1n) is 10.6. The molecule has 0 spiro atoms. The molecule has 8 nitrogen and oxygen atoms in total. The lowest BCUT2D eigenvalue weighted by Crippen LogP contribution is -2.31. The Morgan fingerprint density at radius 1 is 1.09 bits per heavy atom. The number of esters is 1. The number of hydrogen-bond donors (Lipinski definition) is 1. The molecule has 0 radical (unpaired) electrons. The van der Waals surface area contributed by atoms with Crippen LogP contribution in [-0.2, 0) is 9.53 Å². The van der Waals surface area contributed by atoms with Crippen molar-refractivity contribution in [2.75, 3.05) is 33.2 Å². The third-order valence-corrected chi connectivity index (χ3v) is 6.43. The number of nitrogens with zero attached hydrogens (tertiary/aromatic N) is 2. The molecule has 1 aliphatic heterocycles. The quantitative estimate of drug-likeness (QED) is 0.484. The standard InChI is InChI=1S/C25H25N3O5S/c1-26-18-8-5-4-7-17(18)25(30)33-15-24(29)28-20(14-19(27-28)23-9-6-12-34-23)16-10-11-21(31-2)22(13-16)32-3/h4-13,20,26H,14-15H2,1-3H3.